The monoisotopic (exact) mass is 292 g/mol. The molecule has 0 saturated heterocycles. The van der Waals surface area contributed by atoms with Gasteiger partial charge in [-0.3, -0.25) is 14.9 Å². The van der Waals surface area contributed by atoms with Crippen LogP contribution < -0.4 is 5.32 Å². The minimum Gasteiger partial charge on any atom is -0.469 e. The maximum absolute atomic E-state index is 11.5. The molecule has 0 bridgehead atoms. The zero-order valence-electron chi connectivity index (χ0n) is 12.3. The number of carbonyl (C=O) groups excluding carboxylic acids is 1. The number of aryl methyl sites for hydroxylation is 1. The average molecular weight is 292 g/mol. The van der Waals surface area contributed by atoms with Gasteiger partial charge < -0.3 is 10.1 Å². The molecule has 1 N–H and O–H groups in total. The Bertz CT molecular complexity index is 536. The van der Waals surface area contributed by atoms with Gasteiger partial charge in [0.15, 0.2) is 0 Å². The van der Waals surface area contributed by atoms with Gasteiger partial charge in [-0.15, -0.1) is 0 Å². The molecule has 1 aromatic rings. The Hall–Kier alpha value is -2.11. The summed E-state index contributed by atoms with van der Waals surface area (Å²) < 4.78 is 4.76. The van der Waals surface area contributed by atoms with Gasteiger partial charge in [0.25, 0.3) is 5.69 Å². The second-order valence-electron chi connectivity index (χ2n) is 5.47. The Labute approximate surface area is 123 Å². The van der Waals surface area contributed by atoms with E-state index in [0.717, 1.165) is 31.4 Å². The fourth-order valence-corrected chi connectivity index (χ4v) is 2.77. The minimum absolute atomic E-state index is 0.0135. The predicted molar refractivity (Wildman–Crippen MR) is 79.2 cm³/mol. The van der Waals surface area contributed by atoms with Gasteiger partial charge in [-0.2, -0.15) is 0 Å². The van der Waals surface area contributed by atoms with Crippen LogP contribution in [-0.4, -0.2) is 24.0 Å². The van der Waals surface area contributed by atoms with E-state index in [4.69, 9.17) is 4.74 Å². The van der Waals surface area contributed by atoms with E-state index in [2.05, 4.69) is 5.32 Å². The third kappa shape index (κ3) is 3.71. The lowest BCUT2D eigenvalue weighted by Crippen LogP contribution is -2.29. The molecule has 0 radical (unpaired) electrons. The summed E-state index contributed by atoms with van der Waals surface area (Å²) in [7, 11) is 1.41. The van der Waals surface area contributed by atoms with E-state index in [0.29, 0.717) is 5.56 Å². The number of nitro benzene ring substituents is 1. The molecule has 0 spiro atoms. The molecule has 0 unspecified atom stereocenters. The third-order valence-corrected chi connectivity index (χ3v) is 4.04. The second kappa shape index (κ2) is 6.56. The van der Waals surface area contributed by atoms with Crippen LogP contribution in [0, 0.1) is 23.0 Å². The number of rotatable bonds is 4. The Morgan fingerprint density at radius 2 is 2.00 bits per heavy atom. The summed E-state index contributed by atoms with van der Waals surface area (Å²) in [4.78, 5) is 22.0. The highest BCUT2D eigenvalue weighted by Crippen LogP contribution is 2.29. The fourth-order valence-electron chi connectivity index (χ4n) is 2.77. The summed E-state index contributed by atoms with van der Waals surface area (Å²) in [5.41, 5.74) is 1.54. The van der Waals surface area contributed by atoms with Crippen LogP contribution in [0.15, 0.2) is 18.2 Å². The second-order valence-corrected chi connectivity index (χ2v) is 5.47. The SMILES string of the molecule is COC(=O)C1CCC(Nc2ccc(C)c([N+](=O)[O-])c2)CC1. The van der Waals surface area contributed by atoms with Crippen LogP contribution in [-0.2, 0) is 9.53 Å². The molecule has 1 saturated carbocycles. The van der Waals surface area contributed by atoms with Gasteiger partial charge in [-0.05, 0) is 38.7 Å². The van der Waals surface area contributed by atoms with Crippen molar-refractivity contribution in [2.75, 3.05) is 12.4 Å². The fraction of sp³-hybridized carbons (Fsp3) is 0.533. The van der Waals surface area contributed by atoms with Crippen molar-refractivity contribution in [1.29, 1.82) is 0 Å². The molecule has 0 amide bonds. The molecular formula is C15H20N2O4. The third-order valence-electron chi connectivity index (χ3n) is 4.04. The number of ether oxygens (including phenoxy) is 1. The molecule has 6 heteroatoms. The van der Waals surface area contributed by atoms with Crippen molar-refractivity contribution in [1.82, 2.24) is 0 Å². The number of hydrogen-bond donors (Lipinski definition) is 1. The van der Waals surface area contributed by atoms with E-state index in [1.165, 1.54) is 7.11 Å². The molecule has 114 valence electrons. The van der Waals surface area contributed by atoms with Gasteiger partial charge in [0.1, 0.15) is 0 Å². The first-order chi connectivity index (χ1) is 10.0. The molecule has 21 heavy (non-hydrogen) atoms. The standard InChI is InChI=1S/C15H20N2O4/c1-10-3-6-13(9-14(10)17(19)20)16-12-7-4-11(5-8-12)15(18)21-2/h3,6,9,11-12,16H,4-5,7-8H2,1-2H3. The summed E-state index contributed by atoms with van der Waals surface area (Å²) in [5, 5.41) is 14.3. The van der Waals surface area contributed by atoms with Crippen LogP contribution in [0.3, 0.4) is 0 Å². The molecular weight excluding hydrogens is 272 g/mol. The normalized spacial score (nSPS) is 21.6. The van der Waals surface area contributed by atoms with E-state index in [1.54, 1.807) is 19.1 Å². The maximum Gasteiger partial charge on any atom is 0.308 e. The summed E-state index contributed by atoms with van der Waals surface area (Å²) in [6.45, 7) is 1.73. The summed E-state index contributed by atoms with van der Waals surface area (Å²) in [6.07, 6.45) is 3.31. The number of nitro groups is 1. The van der Waals surface area contributed by atoms with E-state index in [9.17, 15) is 14.9 Å². The van der Waals surface area contributed by atoms with Gasteiger partial charge >= 0.3 is 5.97 Å². The van der Waals surface area contributed by atoms with Crippen molar-refractivity contribution < 1.29 is 14.5 Å². The zero-order valence-corrected chi connectivity index (χ0v) is 12.3. The molecule has 1 aliphatic carbocycles. The molecule has 0 aliphatic heterocycles. The molecule has 1 aromatic carbocycles. The maximum atomic E-state index is 11.5. The summed E-state index contributed by atoms with van der Waals surface area (Å²) >= 11 is 0. The highest BCUT2D eigenvalue weighted by atomic mass is 16.6. The first-order valence-electron chi connectivity index (χ1n) is 7.10. The van der Waals surface area contributed by atoms with Crippen LogP contribution >= 0.6 is 0 Å². The lowest BCUT2D eigenvalue weighted by atomic mass is 9.86. The number of benzene rings is 1. The van der Waals surface area contributed by atoms with Crippen molar-refractivity contribution in [2.24, 2.45) is 5.92 Å². The van der Waals surface area contributed by atoms with E-state index in [-0.39, 0.29) is 28.5 Å². The Morgan fingerprint density at radius 3 is 2.57 bits per heavy atom. The largest absolute Gasteiger partial charge is 0.469 e. The van der Waals surface area contributed by atoms with Crippen LogP contribution in [0.2, 0.25) is 0 Å². The average Bonchev–Trinajstić information content (AvgIpc) is 2.49. The van der Waals surface area contributed by atoms with Crippen molar-refractivity contribution in [3.63, 3.8) is 0 Å². The smallest absolute Gasteiger partial charge is 0.308 e. The molecule has 0 heterocycles. The minimum atomic E-state index is -0.366. The van der Waals surface area contributed by atoms with Gasteiger partial charge in [0, 0.05) is 23.4 Å². The highest BCUT2D eigenvalue weighted by molar-refractivity contribution is 5.72. The number of nitrogens with zero attached hydrogens (tertiary/aromatic N) is 1. The Kier molecular flexibility index (Phi) is 4.77. The van der Waals surface area contributed by atoms with Gasteiger partial charge in [0.2, 0.25) is 0 Å². The zero-order chi connectivity index (χ0) is 15.4. The van der Waals surface area contributed by atoms with E-state index < -0.39 is 0 Å². The summed E-state index contributed by atoms with van der Waals surface area (Å²) in [5.74, 6) is -0.153. The van der Waals surface area contributed by atoms with Crippen molar-refractivity contribution in [3.8, 4) is 0 Å². The predicted octanol–water partition coefficient (Wildman–Crippen LogP) is 3.05. The van der Waals surface area contributed by atoms with Crippen LogP contribution in [0.4, 0.5) is 11.4 Å². The Morgan fingerprint density at radius 1 is 1.33 bits per heavy atom. The molecule has 2 rings (SSSR count). The first-order valence-corrected chi connectivity index (χ1v) is 7.10. The van der Waals surface area contributed by atoms with Gasteiger partial charge in [-0.25, -0.2) is 0 Å². The lowest BCUT2D eigenvalue weighted by Gasteiger charge is -2.28. The highest BCUT2D eigenvalue weighted by Gasteiger charge is 2.27. The topological polar surface area (TPSA) is 81.5 Å². The molecule has 6 nitrogen and oxygen atoms in total. The molecule has 1 fully saturated rings. The quantitative estimate of drug-likeness (QED) is 0.524. The summed E-state index contributed by atoms with van der Waals surface area (Å²) in [6, 6.07) is 5.42. The molecule has 0 atom stereocenters. The lowest BCUT2D eigenvalue weighted by molar-refractivity contribution is -0.385. The van der Waals surface area contributed by atoms with Crippen LogP contribution in [0.1, 0.15) is 31.2 Å². The Balaban J connectivity index is 1.96. The van der Waals surface area contributed by atoms with Gasteiger partial charge in [0.05, 0.1) is 18.0 Å². The van der Waals surface area contributed by atoms with Crippen LogP contribution in [0.5, 0.6) is 0 Å². The van der Waals surface area contributed by atoms with Crippen molar-refractivity contribution >= 4 is 17.3 Å². The van der Waals surface area contributed by atoms with Crippen LogP contribution in [0.25, 0.3) is 0 Å². The number of nitrogens with one attached hydrogen (secondary N) is 1. The number of esters is 1. The number of methoxy groups -OCH3 is 1. The van der Waals surface area contributed by atoms with Crippen molar-refractivity contribution in [2.45, 2.75) is 38.6 Å². The number of carbonyl (C=O) groups is 1. The van der Waals surface area contributed by atoms with Crippen molar-refractivity contribution in [3.05, 3.63) is 33.9 Å². The van der Waals surface area contributed by atoms with E-state index >= 15 is 0 Å². The molecule has 0 aromatic heterocycles. The van der Waals surface area contributed by atoms with E-state index in [1.807, 2.05) is 6.07 Å². The number of hydrogen-bond acceptors (Lipinski definition) is 5. The molecule has 1 aliphatic rings. The van der Waals surface area contributed by atoms with Gasteiger partial charge in [-0.1, -0.05) is 6.07 Å². The first kappa shape index (κ1) is 15.3. The number of anilines is 1.